The zero-order valence-corrected chi connectivity index (χ0v) is 23.1. The van der Waals surface area contributed by atoms with Gasteiger partial charge < -0.3 is 20.1 Å². The van der Waals surface area contributed by atoms with Crippen LogP contribution in [-0.4, -0.2) is 37.3 Å². The number of carbonyl (C=O) groups is 3. The minimum atomic E-state index is -1.38. The molecule has 0 spiro atoms. The van der Waals surface area contributed by atoms with Crippen molar-refractivity contribution in [3.63, 3.8) is 0 Å². The Kier molecular flexibility index (Phi) is 9.74. The van der Waals surface area contributed by atoms with Crippen LogP contribution in [0.5, 0.6) is 5.75 Å². The number of rotatable bonds is 8. The number of esters is 1. The molecule has 2 amide bonds. The molecule has 37 heavy (non-hydrogen) atoms. The van der Waals surface area contributed by atoms with Crippen molar-refractivity contribution in [3.8, 4) is 11.8 Å². The summed E-state index contributed by atoms with van der Waals surface area (Å²) in [6.07, 6.45) is 0. The molecule has 2 aromatic rings. The molecule has 0 saturated heterocycles. The molecule has 194 valence electrons. The van der Waals surface area contributed by atoms with Crippen LogP contribution in [0.15, 0.2) is 40.9 Å². The summed E-state index contributed by atoms with van der Waals surface area (Å²) < 4.78 is 10.3. The van der Waals surface area contributed by atoms with Crippen molar-refractivity contribution in [2.75, 3.05) is 24.8 Å². The maximum Gasteiger partial charge on any atom is 0.319 e. The molecule has 0 aromatic heterocycles. The number of aryl methyl sites for hydroxylation is 1. The number of nitriles is 1. The number of ether oxygens (including phenoxy) is 2. The van der Waals surface area contributed by atoms with E-state index in [0.29, 0.717) is 22.9 Å². The molecule has 1 heterocycles. The summed E-state index contributed by atoms with van der Waals surface area (Å²) in [5.41, 5.74) is 1.76. The first-order valence-corrected chi connectivity index (χ1v) is 13.1. The molecular formula is C25H22Cl3N3O5S. The number of amides is 2. The maximum absolute atomic E-state index is 13.0. The van der Waals surface area contributed by atoms with E-state index in [-0.39, 0.29) is 38.1 Å². The molecule has 0 bridgehead atoms. The Morgan fingerprint density at radius 2 is 1.86 bits per heavy atom. The normalized spacial score (nSPS) is 17.1. The van der Waals surface area contributed by atoms with Crippen molar-refractivity contribution in [2.24, 2.45) is 5.92 Å². The Morgan fingerprint density at radius 1 is 1.19 bits per heavy atom. The fraction of sp³-hybridized carbons (Fsp3) is 0.280. The zero-order valence-electron chi connectivity index (χ0n) is 20.0. The highest BCUT2D eigenvalue weighted by molar-refractivity contribution is 8.03. The van der Waals surface area contributed by atoms with E-state index in [1.165, 1.54) is 12.1 Å². The van der Waals surface area contributed by atoms with Crippen molar-refractivity contribution < 1.29 is 23.9 Å². The molecule has 0 saturated carbocycles. The minimum absolute atomic E-state index is 0.0584. The molecule has 12 heteroatoms. The third kappa shape index (κ3) is 6.51. The lowest BCUT2D eigenvalue weighted by Gasteiger charge is -2.31. The molecule has 1 aliphatic rings. The van der Waals surface area contributed by atoms with Gasteiger partial charge in [-0.25, -0.2) is 0 Å². The van der Waals surface area contributed by atoms with E-state index in [0.717, 1.165) is 24.4 Å². The number of hydrogen-bond donors (Lipinski definition) is 2. The number of carbonyl (C=O) groups excluding carboxylic acids is 3. The van der Waals surface area contributed by atoms with Crippen LogP contribution in [0.3, 0.4) is 0 Å². The second-order valence-electron chi connectivity index (χ2n) is 7.87. The summed E-state index contributed by atoms with van der Waals surface area (Å²) in [5, 5.41) is 16.3. The number of methoxy groups -OCH3 is 1. The van der Waals surface area contributed by atoms with Crippen molar-refractivity contribution in [1.82, 2.24) is 5.32 Å². The number of benzene rings is 2. The summed E-state index contributed by atoms with van der Waals surface area (Å²) in [7, 11) is 1.15. The Morgan fingerprint density at radius 3 is 2.46 bits per heavy atom. The Labute approximate surface area is 233 Å². The third-order valence-corrected chi connectivity index (χ3v) is 7.29. The topological polar surface area (TPSA) is 118 Å². The van der Waals surface area contributed by atoms with Gasteiger partial charge in [-0.15, -0.1) is 0 Å². The van der Waals surface area contributed by atoms with Gasteiger partial charge in [-0.1, -0.05) is 52.6 Å². The first kappa shape index (κ1) is 28.7. The van der Waals surface area contributed by atoms with Crippen molar-refractivity contribution in [2.45, 2.75) is 19.8 Å². The molecule has 0 unspecified atom stereocenters. The number of halogens is 3. The van der Waals surface area contributed by atoms with Gasteiger partial charge in [-0.3, -0.25) is 14.4 Å². The molecule has 2 aromatic carbocycles. The number of anilines is 1. The minimum Gasteiger partial charge on any atom is -0.491 e. The average Bonchev–Trinajstić information content (AvgIpc) is 2.86. The third-order valence-electron chi connectivity index (χ3n) is 5.47. The summed E-state index contributed by atoms with van der Waals surface area (Å²) in [5.74, 6) is -4.23. The van der Waals surface area contributed by atoms with Gasteiger partial charge >= 0.3 is 5.97 Å². The highest BCUT2D eigenvalue weighted by Crippen LogP contribution is 2.44. The fourth-order valence-corrected chi connectivity index (χ4v) is 5.41. The molecular weight excluding hydrogens is 561 g/mol. The van der Waals surface area contributed by atoms with E-state index in [1.54, 1.807) is 25.1 Å². The number of nitrogens with one attached hydrogen (secondary N) is 2. The van der Waals surface area contributed by atoms with Gasteiger partial charge in [-0.05, 0) is 49.2 Å². The molecule has 0 radical (unpaired) electrons. The monoisotopic (exact) mass is 581 g/mol. The highest BCUT2D eigenvalue weighted by Gasteiger charge is 2.44. The van der Waals surface area contributed by atoms with Crippen LogP contribution in [-0.2, 0) is 19.1 Å². The summed E-state index contributed by atoms with van der Waals surface area (Å²) in [4.78, 5) is 38.3. The molecule has 1 aliphatic heterocycles. The van der Waals surface area contributed by atoms with Gasteiger partial charge in [0.1, 0.15) is 5.92 Å². The lowest BCUT2D eigenvalue weighted by Crippen LogP contribution is -2.44. The van der Waals surface area contributed by atoms with Gasteiger partial charge in [0.15, 0.2) is 5.75 Å². The zero-order chi connectivity index (χ0) is 27.3. The predicted octanol–water partition coefficient (Wildman–Crippen LogP) is 5.46. The van der Waals surface area contributed by atoms with Crippen molar-refractivity contribution >= 4 is 70.0 Å². The SMILES string of the molecule is CCOc1c(Cl)cc([C@@H]2C(C#N)=C(SCC(=O)Nc3cc(Cl)ccc3C)NC(=O)[C@@H]2C(=O)OC)cc1Cl. The van der Waals surface area contributed by atoms with Crippen molar-refractivity contribution in [1.29, 1.82) is 5.26 Å². The highest BCUT2D eigenvalue weighted by atomic mass is 35.5. The van der Waals surface area contributed by atoms with E-state index < -0.39 is 23.7 Å². The number of thioether (sulfide) groups is 1. The molecule has 8 nitrogen and oxygen atoms in total. The molecule has 2 atom stereocenters. The van der Waals surface area contributed by atoms with Gasteiger partial charge in [0, 0.05) is 16.6 Å². The van der Waals surface area contributed by atoms with E-state index in [4.69, 9.17) is 44.3 Å². The fourth-order valence-electron chi connectivity index (χ4n) is 3.77. The molecule has 2 N–H and O–H groups in total. The van der Waals surface area contributed by atoms with Crippen LogP contribution in [0, 0.1) is 24.2 Å². The summed E-state index contributed by atoms with van der Waals surface area (Å²) >= 11 is 19.7. The van der Waals surface area contributed by atoms with Gasteiger partial charge in [0.2, 0.25) is 11.8 Å². The van der Waals surface area contributed by atoms with Crippen LogP contribution in [0.4, 0.5) is 5.69 Å². The first-order chi connectivity index (χ1) is 17.6. The molecule has 0 aliphatic carbocycles. The van der Waals surface area contributed by atoms with Crippen LogP contribution >= 0.6 is 46.6 Å². The van der Waals surface area contributed by atoms with Crippen molar-refractivity contribution in [3.05, 3.63) is 67.1 Å². The van der Waals surface area contributed by atoms with E-state index in [2.05, 4.69) is 16.7 Å². The Hall–Kier alpha value is -2.90. The largest absolute Gasteiger partial charge is 0.491 e. The molecule has 0 fully saturated rings. The Balaban J connectivity index is 1.97. The van der Waals surface area contributed by atoms with E-state index >= 15 is 0 Å². The van der Waals surface area contributed by atoms with Gasteiger partial charge in [-0.2, -0.15) is 5.26 Å². The molecule has 3 rings (SSSR count). The quantitative estimate of drug-likeness (QED) is 0.313. The summed E-state index contributed by atoms with van der Waals surface area (Å²) in [6, 6.07) is 10.2. The Bertz CT molecular complexity index is 1300. The van der Waals surface area contributed by atoms with Gasteiger partial charge in [0.05, 0.1) is 46.2 Å². The first-order valence-electron chi connectivity index (χ1n) is 10.9. The second-order valence-corrected chi connectivity index (χ2v) is 10.1. The number of nitrogens with zero attached hydrogens (tertiary/aromatic N) is 1. The van der Waals surface area contributed by atoms with E-state index in [9.17, 15) is 19.6 Å². The number of allylic oxidation sites excluding steroid dienone is 1. The predicted molar refractivity (Wildman–Crippen MR) is 144 cm³/mol. The number of hydrogen-bond acceptors (Lipinski definition) is 7. The average molecular weight is 583 g/mol. The standard InChI is InChI=1S/C25H22Cl3N3O5S/c1-4-36-22-16(27)7-13(8-17(22)28)20-15(10-29)24(31-23(33)21(20)25(34)35-3)37-11-19(32)30-18-9-14(26)6-5-12(18)2/h5-9,20-21H,4,11H2,1-3H3,(H,30,32)(H,31,33)/t20-,21-/m1/s1. The lowest BCUT2D eigenvalue weighted by atomic mass is 9.78. The lowest BCUT2D eigenvalue weighted by molar-refractivity contribution is -0.150. The smallest absolute Gasteiger partial charge is 0.319 e. The maximum atomic E-state index is 13.0. The van der Waals surface area contributed by atoms with Crippen LogP contribution in [0.2, 0.25) is 15.1 Å². The van der Waals surface area contributed by atoms with E-state index in [1.807, 2.05) is 6.92 Å². The van der Waals surface area contributed by atoms with Crippen LogP contribution in [0.25, 0.3) is 0 Å². The summed E-state index contributed by atoms with van der Waals surface area (Å²) in [6.45, 7) is 3.90. The van der Waals surface area contributed by atoms with Gasteiger partial charge in [0.25, 0.3) is 0 Å². The second kappa shape index (κ2) is 12.6. The van der Waals surface area contributed by atoms with Crippen LogP contribution in [0.1, 0.15) is 24.0 Å². The van der Waals surface area contributed by atoms with Crippen LogP contribution < -0.4 is 15.4 Å².